The van der Waals surface area contributed by atoms with Gasteiger partial charge in [-0.2, -0.15) is 13.1 Å². The van der Waals surface area contributed by atoms with Crippen molar-refractivity contribution >= 4 is 50.1 Å². The predicted molar refractivity (Wildman–Crippen MR) is 118 cm³/mol. The Kier molecular flexibility index (Phi) is 6.26. The van der Waals surface area contributed by atoms with Crippen LogP contribution in [0, 0.1) is 0 Å². The fourth-order valence-corrected chi connectivity index (χ4v) is 5.59. The minimum absolute atomic E-state index is 0.00116. The average molecular weight is 446 g/mol. The van der Waals surface area contributed by atoms with Gasteiger partial charge < -0.3 is 10.6 Å². The number of carbonyl (C=O) groups excluding carboxylic acids is 1. The molecule has 0 unspecified atom stereocenters. The van der Waals surface area contributed by atoms with Gasteiger partial charge in [-0.3, -0.25) is 4.79 Å². The Morgan fingerprint density at radius 3 is 2.60 bits per heavy atom. The second-order valence-electron chi connectivity index (χ2n) is 7.19. The number of amides is 1. The molecule has 0 saturated carbocycles. The van der Waals surface area contributed by atoms with Crippen LogP contribution in [0.3, 0.4) is 0 Å². The molecule has 8 nitrogen and oxygen atoms in total. The fraction of sp³-hybridized carbons (Fsp3) is 0.350. The van der Waals surface area contributed by atoms with Crippen LogP contribution < -0.4 is 10.6 Å². The second-order valence-corrected chi connectivity index (χ2v) is 9.65. The Balaban J connectivity index is 1.42. The molecule has 0 radical (unpaired) electrons. The van der Waals surface area contributed by atoms with Gasteiger partial charge in [-0.25, -0.2) is 8.42 Å². The number of hydrogen-bond donors (Lipinski definition) is 2. The highest BCUT2D eigenvalue weighted by Gasteiger charge is 2.25. The van der Waals surface area contributed by atoms with Crippen molar-refractivity contribution in [3.05, 3.63) is 42.5 Å². The molecule has 0 bridgehead atoms. The predicted octanol–water partition coefficient (Wildman–Crippen LogP) is 3.31. The van der Waals surface area contributed by atoms with Crippen LogP contribution in [0.25, 0.3) is 11.0 Å². The molecule has 2 N–H and O–H groups in total. The third-order valence-electron chi connectivity index (χ3n) is 5.05. The van der Waals surface area contributed by atoms with E-state index in [1.54, 1.807) is 34.6 Å². The number of nitrogens with one attached hydrogen (secondary N) is 2. The van der Waals surface area contributed by atoms with E-state index in [0.29, 0.717) is 30.0 Å². The summed E-state index contributed by atoms with van der Waals surface area (Å²) in [5, 5.41) is 5.83. The van der Waals surface area contributed by atoms with Gasteiger partial charge in [0.25, 0.3) is 0 Å². The summed E-state index contributed by atoms with van der Waals surface area (Å²) in [6.07, 6.45) is 3.90. The number of rotatable bonds is 6. The third-order valence-corrected chi connectivity index (χ3v) is 7.49. The lowest BCUT2D eigenvalue weighted by Crippen LogP contribution is -2.32. The molecule has 1 aliphatic heterocycles. The number of hydrogen-bond acceptors (Lipinski definition) is 7. The molecule has 1 amide bonds. The molecule has 10 heteroatoms. The number of fused-ring (bicyclic) bond motifs is 1. The largest absolute Gasteiger partial charge is 0.376 e. The summed E-state index contributed by atoms with van der Waals surface area (Å²) in [5.74, 6) is -0.253. The Morgan fingerprint density at radius 1 is 1.03 bits per heavy atom. The van der Waals surface area contributed by atoms with E-state index < -0.39 is 10.0 Å². The molecule has 1 aromatic heterocycles. The molecular formula is C20H23N5O3S2. The lowest BCUT2D eigenvalue weighted by Gasteiger charge is -2.20. The minimum atomic E-state index is -3.53. The summed E-state index contributed by atoms with van der Waals surface area (Å²) in [4.78, 5) is 12.6. The van der Waals surface area contributed by atoms with E-state index in [4.69, 9.17) is 0 Å². The standard InChI is InChI=1S/C20H23N5O3S2/c26-19(22-17-9-6-10-18-20(17)24-29-23-18)14-21-15-7-5-8-16(13-15)30(27,28)25-11-3-1-2-4-12-25/h5-10,13,21H,1-4,11-12,14H2,(H,22,26). The molecule has 3 aromatic rings. The molecule has 1 aliphatic rings. The van der Waals surface area contributed by atoms with Gasteiger partial charge in [0.1, 0.15) is 11.0 Å². The Hall–Kier alpha value is -2.56. The van der Waals surface area contributed by atoms with E-state index in [0.717, 1.165) is 42.9 Å². The lowest BCUT2D eigenvalue weighted by molar-refractivity contribution is -0.114. The second kappa shape index (κ2) is 9.07. The van der Waals surface area contributed by atoms with E-state index in [1.807, 2.05) is 12.1 Å². The van der Waals surface area contributed by atoms with E-state index in [9.17, 15) is 13.2 Å². The van der Waals surface area contributed by atoms with Crippen LogP contribution in [0.1, 0.15) is 25.7 Å². The lowest BCUT2D eigenvalue weighted by atomic mass is 10.2. The summed E-state index contributed by atoms with van der Waals surface area (Å²) in [7, 11) is -3.53. The van der Waals surface area contributed by atoms with E-state index in [1.165, 1.54) is 0 Å². The van der Waals surface area contributed by atoms with E-state index in [-0.39, 0.29) is 17.3 Å². The zero-order valence-electron chi connectivity index (χ0n) is 16.4. The number of sulfonamides is 1. The molecule has 0 atom stereocenters. The van der Waals surface area contributed by atoms with Crippen molar-refractivity contribution in [1.82, 2.24) is 13.1 Å². The molecule has 2 aromatic carbocycles. The van der Waals surface area contributed by atoms with Crippen molar-refractivity contribution in [1.29, 1.82) is 0 Å². The van der Waals surface area contributed by atoms with Crippen LogP contribution in [0.4, 0.5) is 11.4 Å². The molecule has 1 saturated heterocycles. The van der Waals surface area contributed by atoms with E-state index >= 15 is 0 Å². The van der Waals surface area contributed by atoms with Gasteiger partial charge >= 0.3 is 0 Å². The first-order valence-electron chi connectivity index (χ1n) is 9.89. The Labute approximate surface area is 179 Å². The maximum Gasteiger partial charge on any atom is 0.243 e. The van der Waals surface area contributed by atoms with Crippen molar-refractivity contribution in [2.75, 3.05) is 30.3 Å². The number of nitrogens with zero attached hydrogens (tertiary/aromatic N) is 3. The van der Waals surface area contributed by atoms with Gasteiger partial charge in [0, 0.05) is 18.8 Å². The smallest absolute Gasteiger partial charge is 0.243 e. The summed E-state index contributed by atoms with van der Waals surface area (Å²) in [5.41, 5.74) is 2.57. The number of anilines is 2. The zero-order chi connectivity index (χ0) is 21.0. The number of benzene rings is 2. The van der Waals surface area contributed by atoms with Crippen molar-refractivity contribution < 1.29 is 13.2 Å². The van der Waals surface area contributed by atoms with Crippen molar-refractivity contribution in [3.8, 4) is 0 Å². The maximum atomic E-state index is 13.0. The summed E-state index contributed by atoms with van der Waals surface area (Å²) in [6.45, 7) is 1.11. The minimum Gasteiger partial charge on any atom is -0.376 e. The van der Waals surface area contributed by atoms with Gasteiger partial charge in [-0.05, 0) is 43.2 Å². The van der Waals surface area contributed by atoms with Crippen molar-refractivity contribution in [3.63, 3.8) is 0 Å². The summed E-state index contributed by atoms with van der Waals surface area (Å²) >= 11 is 1.09. The quantitative estimate of drug-likeness (QED) is 0.603. The van der Waals surface area contributed by atoms with Crippen LogP contribution >= 0.6 is 11.7 Å². The van der Waals surface area contributed by atoms with Gasteiger partial charge in [0.15, 0.2) is 0 Å². The third kappa shape index (κ3) is 4.61. The van der Waals surface area contributed by atoms with Crippen LogP contribution in [-0.2, 0) is 14.8 Å². The van der Waals surface area contributed by atoms with Gasteiger partial charge in [-0.1, -0.05) is 25.0 Å². The van der Waals surface area contributed by atoms with Crippen molar-refractivity contribution in [2.45, 2.75) is 30.6 Å². The first-order valence-corrected chi connectivity index (χ1v) is 12.1. The highest BCUT2D eigenvalue weighted by Crippen LogP contribution is 2.23. The van der Waals surface area contributed by atoms with E-state index in [2.05, 4.69) is 19.4 Å². The molecule has 2 heterocycles. The first-order chi connectivity index (χ1) is 14.5. The van der Waals surface area contributed by atoms with Gasteiger partial charge in [-0.15, -0.1) is 0 Å². The normalized spacial score (nSPS) is 15.6. The maximum absolute atomic E-state index is 13.0. The molecule has 0 aliphatic carbocycles. The zero-order valence-corrected chi connectivity index (χ0v) is 18.0. The van der Waals surface area contributed by atoms with Gasteiger partial charge in [0.05, 0.1) is 28.9 Å². The van der Waals surface area contributed by atoms with Crippen LogP contribution in [0.2, 0.25) is 0 Å². The van der Waals surface area contributed by atoms with Crippen LogP contribution in [-0.4, -0.2) is 47.0 Å². The molecule has 4 rings (SSSR count). The van der Waals surface area contributed by atoms with Gasteiger partial charge in [0.2, 0.25) is 15.9 Å². The molecule has 0 spiro atoms. The molecular weight excluding hydrogens is 422 g/mol. The van der Waals surface area contributed by atoms with Crippen LogP contribution in [0.15, 0.2) is 47.4 Å². The number of carbonyl (C=O) groups is 1. The highest BCUT2D eigenvalue weighted by atomic mass is 32.2. The summed E-state index contributed by atoms with van der Waals surface area (Å²) in [6, 6.07) is 12.0. The molecule has 1 fully saturated rings. The monoisotopic (exact) mass is 445 g/mol. The summed E-state index contributed by atoms with van der Waals surface area (Å²) < 4.78 is 35.9. The molecule has 30 heavy (non-hydrogen) atoms. The Bertz CT molecular complexity index is 1140. The number of aromatic nitrogens is 2. The Morgan fingerprint density at radius 2 is 1.80 bits per heavy atom. The first kappa shape index (κ1) is 20.7. The average Bonchev–Trinajstić information content (AvgIpc) is 3.06. The topological polar surface area (TPSA) is 104 Å². The van der Waals surface area contributed by atoms with Crippen LogP contribution in [0.5, 0.6) is 0 Å². The highest BCUT2D eigenvalue weighted by molar-refractivity contribution is 7.89. The van der Waals surface area contributed by atoms with Crippen molar-refractivity contribution in [2.24, 2.45) is 0 Å². The fourth-order valence-electron chi connectivity index (χ4n) is 3.48. The molecule has 158 valence electrons. The SMILES string of the molecule is O=C(CNc1cccc(S(=O)(=O)N2CCCCCC2)c1)Nc1cccc2nsnc12.